The first kappa shape index (κ1) is 6.39. The van der Waals surface area contributed by atoms with E-state index in [2.05, 4.69) is 29.5 Å². The molecule has 9 heavy (non-hydrogen) atoms. The van der Waals surface area contributed by atoms with E-state index in [1.54, 1.807) is 0 Å². The van der Waals surface area contributed by atoms with Crippen molar-refractivity contribution in [2.24, 2.45) is 4.99 Å². The van der Waals surface area contributed by atoms with Crippen LogP contribution in [0.5, 0.6) is 0 Å². The van der Waals surface area contributed by atoms with Crippen LogP contribution in [0.25, 0.3) is 0 Å². The van der Waals surface area contributed by atoms with E-state index in [4.69, 9.17) is 0 Å². The predicted molar refractivity (Wildman–Crippen MR) is 38.6 cm³/mol. The summed E-state index contributed by atoms with van der Waals surface area (Å²) < 4.78 is 0. The van der Waals surface area contributed by atoms with E-state index in [9.17, 15) is 0 Å². The molecule has 0 aromatic carbocycles. The molecule has 3 nitrogen and oxygen atoms in total. The summed E-state index contributed by atoms with van der Waals surface area (Å²) in [7, 11) is 1.87. The largest absolute Gasteiger partial charge is 0.359 e. The molecule has 2 N–H and O–H groups in total. The topological polar surface area (TPSA) is 36.4 Å². The number of nitrogens with one attached hydrogen (secondary N) is 2. The molecule has 3 heteroatoms. The van der Waals surface area contributed by atoms with Gasteiger partial charge in [-0.1, -0.05) is 0 Å². The van der Waals surface area contributed by atoms with E-state index >= 15 is 0 Å². The van der Waals surface area contributed by atoms with Crippen LogP contribution in [0.15, 0.2) is 4.99 Å². The maximum atomic E-state index is 4.33. The Balaban J connectivity index is 2.61. The van der Waals surface area contributed by atoms with Gasteiger partial charge in [-0.25, -0.2) is 4.99 Å². The van der Waals surface area contributed by atoms with E-state index in [0.717, 1.165) is 12.5 Å². The maximum absolute atomic E-state index is 4.33. The molecule has 0 atom stereocenters. The van der Waals surface area contributed by atoms with Gasteiger partial charge in [-0.3, -0.25) is 0 Å². The minimum Gasteiger partial charge on any atom is -0.359 e. The Hall–Kier alpha value is -0.730. The van der Waals surface area contributed by atoms with Gasteiger partial charge in [-0.05, 0) is 13.8 Å². The van der Waals surface area contributed by atoms with Crippen molar-refractivity contribution >= 4 is 5.96 Å². The third-order valence-electron chi connectivity index (χ3n) is 1.34. The van der Waals surface area contributed by atoms with Gasteiger partial charge >= 0.3 is 0 Å². The van der Waals surface area contributed by atoms with Crippen LogP contribution in [0.3, 0.4) is 0 Å². The average Bonchev–Trinajstić information content (AvgIpc) is 2.10. The Bertz CT molecular complexity index is 137. The van der Waals surface area contributed by atoms with Crippen LogP contribution < -0.4 is 10.6 Å². The normalized spacial score (nSPS) is 22.8. The number of hydrogen-bond acceptors (Lipinski definition) is 3. The van der Waals surface area contributed by atoms with Crippen molar-refractivity contribution in [1.29, 1.82) is 0 Å². The van der Waals surface area contributed by atoms with Gasteiger partial charge in [0, 0.05) is 13.6 Å². The summed E-state index contributed by atoms with van der Waals surface area (Å²) in [6.07, 6.45) is 0. The highest BCUT2D eigenvalue weighted by Crippen LogP contribution is 2.10. The Kier molecular flexibility index (Phi) is 1.35. The van der Waals surface area contributed by atoms with Crippen LogP contribution in [0.2, 0.25) is 0 Å². The van der Waals surface area contributed by atoms with Crippen LogP contribution in [-0.2, 0) is 0 Å². The van der Waals surface area contributed by atoms with Crippen molar-refractivity contribution in [3.05, 3.63) is 0 Å². The molecule has 0 saturated heterocycles. The van der Waals surface area contributed by atoms with Crippen LogP contribution >= 0.6 is 0 Å². The first-order chi connectivity index (χ1) is 4.14. The Morgan fingerprint density at radius 1 is 1.67 bits per heavy atom. The molecular formula is C6H13N3. The monoisotopic (exact) mass is 127 g/mol. The zero-order chi connectivity index (χ0) is 6.91. The smallest absolute Gasteiger partial charge is 0.191 e. The molecule has 1 heterocycles. The molecule has 0 spiro atoms. The third-order valence-corrected chi connectivity index (χ3v) is 1.34. The van der Waals surface area contributed by atoms with Crippen molar-refractivity contribution in [3.63, 3.8) is 0 Å². The molecule has 0 aliphatic carbocycles. The van der Waals surface area contributed by atoms with E-state index < -0.39 is 0 Å². The van der Waals surface area contributed by atoms with Gasteiger partial charge in [0.1, 0.15) is 0 Å². The Labute approximate surface area is 55.6 Å². The fourth-order valence-corrected chi connectivity index (χ4v) is 0.826. The SMILES string of the molecule is CNC1=NC(C)(C)CN1. The van der Waals surface area contributed by atoms with Crippen LogP contribution in [0.4, 0.5) is 0 Å². The number of hydrogen-bond donors (Lipinski definition) is 2. The quantitative estimate of drug-likeness (QED) is 0.478. The highest BCUT2D eigenvalue weighted by molar-refractivity contribution is 5.81. The van der Waals surface area contributed by atoms with Crippen LogP contribution in [0, 0.1) is 0 Å². The Morgan fingerprint density at radius 2 is 2.33 bits per heavy atom. The standard InChI is InChI=1S/C6H13N3/c1-6(2)4-8-5(7-3)9-6/h4H2,1-3H3,(H2,7,8,9). The zero-order valence-electron chi connectivity index (χ0n) is 6.15. The van der Waals surface area contributed by atoms with Crippen molar-refractivity contribution in [2.45, 2.75) is 19.4 Å². The second kappa shape index (κ2) is 1.90. The molecule has 1 rings (SSSR count). The van der Waals surface area contributed by atoms with E-state index in [-0.39, 0.29) is 5.54 Å². The highest BCUT2D eigenvalue weighted by atomic mass is 15.2. The average molecular weight is 127 g/mol. The second-order valence-corrected chi connectivity index (χ2v) is 2.88. The molecule has 0 saturated carbocycles. The van der Waals surface area contributed by atoms with E-state index in [1.165, 1.54) is 0 Å². The molecule has 1 aliphatic heterocycles. The summed E-state index contributed by atoms with van der Waals surface area (Å²) in [5, 5.41) is 6.09. The first-order valence-corrected chi connectivity index (χ1v) is 3.15. The predicted octanol–water partition coefficient (Wildman–Crippen LogP) is -0.0564. The summed E-state index contributed by atoms with van der Waals surface area (Å²) in [6, 6.07) is 0. The minimum absolute atomic E-state index is 0.0817. The lowest BCUT2D eigenvalue weighted by Crippen LogP contribution is -2.32. The summed E-state index contributed by atoms with van der Waals surface area (Å²) in [6.45, 7) is 5.14. The molecule has 0 bridgehead atoms. The molecule has 0 unspecified atom stereocenters. The fraction of sp³-hybridized carbons (Fsp3) is 0.833. The molecule has 0 amide bonds. The van der Waals surface area contributed by atoms with Crippen molar-refractivity contribution in [2.75, 3.05) is 13.6 Å². The third kappa shape index (κ3) is 1.34. The van der Waals surface area contributed by atoms with Crippen molar-refractivity contribution in [1.82, 2.24) is 10.6 Å². The maximum Gasteiger partial charge on any atom is 0.191 e. The van der Waals surface area contributed by atoms with Gasteiger partial charge in [0.15, 0.2) is 5.96 Å². The molecule has 52 valence electrons. The van der Waals surface area contributed by atoms with Gasteiger partial charge in [-0.15, -0.1) is 0 Å². The lowest BCUT2D eigenvalue weighted by Gasteiger charge is -2.09. The van der Waals surface area contributed by atoms with Gasteiger partial charge in [0.25, 0.3) is 0 Å². The molecule has 0 fully saturated rings. The van der Waals surface area contributed by atoms with E-state index in [1.807, 2.05) is 7.05 Å². The van der Waals surface area contributed by atoms with Gasteiger partial charge < -0.3 is 10.6 Å². The van der Waals surface area contributed by atoms with Crippen molar-refractivity contribution < 1.29 is 0 Å². The molecule has 0 aromatic heterocycles. The number of rotatable bonds is 0. The minimum atomic E-state index is 0.0817. The van der Waals surface area contributed by atoms with Crippen LogP contribution in [-0.4, -0.2) is 25.1 Å². The summed E-state index contributed by atoms with van der Waals surface area (Å²) in [5.41, 5.74) is 0.0817. The number of aliphatic imine (C=N–C) groups is 1. The summed E-state index contributed by atoms with van der Waals surface area (Å²) in [4.78, 5) is 4.33. The summed E-state index contributed by atoms with van der Waals surface area (Å²) in [5.74, 6) is 0.903. The molecule has 0 aromatic rings. The molecule has 1 aliphatic rings. The number of guanidine groups is 1. The van der Waals surface area contributed by atoms with Crippen molar-refractivity contribution in [3.8, 4) is 0 Å². The fourth-order valence-electron chi connectivity index (χ4n) is 0.826. The zero-order valence-corrected chi connectivity index (χ0v) is 6.15. The van der Waals surface area contributed by atoms with Crippen LogP contribution in [0.1, 0.15) is 13.8 Å². The lowest BCUT2D eigenvalue weighted by molar-refractivity contribution is 0.549. The summed E-state index contributed by atoms with van der Waals surface area (Å²) >= 11 is 0. The van der Waals surface area contributed by atoms with Gasteiger partial charge in [0.05, 0.1) is 5.54 Å². The highest BCUT2D eigenvalue weighted by Gasteiger charge is 2.22. The Morgan fingerprint density at radius 3 is 2.56 bits per heavy atom. The lowest BCUT2D eigenvalue weighted by atomic mass is 10.1. The second-order valence-electron chi connectivity index (χ2n) is 2.88. The van der Waals surface area contributed by atoms with E-state index in [0.29, 0.717) is 0 Å². The van der Waals surface area contributed by atoms with Gasteiger partial charge in [-0.2, -0.15) is 0 Å². The molecule has 0 radical (unpaired) electrons. The van der Waals surface area contributed by atoms with Gasteiger partial charge in [0.2, 0.25) is 0 Å². The number of nitrogens with zero attached hydrogens (tertiary/aromatic N) is 1. The molecular weight excluding hydrogens is 114 g/mol. The first-order valence-electron chi connectivity index (χ1n) is 3.15.